The lowest BCUT2D eigenvalue weighted by atomic mass is 10.0. The average Bonchev–Trinajstić information content (AvgIpc) is 3.22. The minimum Gasteiger partial charge on any atom is -0.367 e. The summed E-state index contributed by atoms with van der Waals surface area (Å²) < 4.78 is 18.0. The van der Waals surface area contributed by atoms with Gasteiger partial charge in [-0.05, 0) is 31.4 Å². The van der Waals surface area contributed by atoms with Crippen molar-refractivity contribution in [2.45, 2.75) is 37.5 Å². The van der Waals surface area contributed by atoms with Crippen molar-refractivity contribution in [3.63, 3.8) is 0 Å². The third kappa shape index (κ3) is 2.66. The van der Waals surface area contributed by atoms with Crippen molar-refractivity contribution in [1.29, 1.82) is 0 Å². The van der Waals surface area contributed by atoms with Crippen LogP contribution in [0.5, 0.6) is 0 Å². The quantitative estimate of drug-likeness (QED) is 0.765. The molecule has 1 aliphatic heterocycles. The van der Waals surface area contributed by atoms with E-state index in [0.29, 0.717) is 24.0 Å². The summed E-state index contributed by atoms with van der Waals surface area (Å²) in [6.45, 7) is 0.959. The third-order valence-corrected chi connectivity index (χ3v) is 5.63. The molecule has 1 saturated carbocycles. The van der Waals surface area contributed by atoms with Crippen molar-refractivity contribution in [1.82, 2.24) is 19.6 Å². The predicted octanol–water partition coefficient (Wildman–Crippen LogP) is 3.09. The maximum atomic E-state index is 14.1. The Hall–Kier alpha value is -2.12. The molecule has 2 unspecified atom stereocenters. The minimum atomic E-state index is -1.04. The number of nitrogens with zero attached hydrogens (tertiary/aromatic N) is 5. The molecule has 0 bridgehead atoms. The fraction of sp³-hybridized carbons (Fsp3) is 0.444. The van der Waals surface area contributed by atoms with E-state index in [4.69, 9.17) is 17.3 Å². The number of benzene rings is 1. The van der Waals surface area contributed by atoms with Crippen LogP contribution in [0.1, 0.15) is 25.3 Å². The number of halogens is 2. The lowest BCUT2D eigenvalue weighted by molar-refractivity contribution is 0.251. The van der Waals surface area contributed by atoms with Gasteiger partial charge in [-0.2, -0.15) is 10.2 Å². The first-order valence-corrected chi connectivity index (χ1v) is 9.34. The van der Waals surface area contributed by atoms with Crippen molar-refractivity contribution in [3.8, 4) is 5.69 Å². The Morgan fingerprint density at radius 3 is 2.77 bits per heavy atom. The van der Waals surface area contributed by atoms with Crippen molar-refractivity contribution in [2.75, 3.05) is 18.0 Å². The largest absolute Gasteiger partial charge is 0.367 e. The number of piperidine rings is 1. The van der Waals surface area contributed by atoms with Crippen molar-refractivity contribution in [2.24, 2.45) is 5.73 Å². The second kappa shape index (κ2) is 5.96. The summed E-state index contributed by atoms with van der Waals surface area (Å²) >= 11 is 6.48. The maximum Gasteiger partial charge on any atom is 0.133 e. The first-order valence-electron chi connectivity index (χ1n) is 8.96. The number of hydrogen-bond acceptors (Lipinski definition) is 4. The second-order valence-corrected chi connectivity index (χ2v) is 7.65. The zero-order valence-electron chi connectivity index (χ0n) is 14.2. The number of hydrogen-bond donors (Lipinski definition) is 1. The molecular formula is C18H20ClFN6. The summed E-state index contributed by atoms with van der Waals surface area (Å²) in [4.78, 5) is 1.97. The molecule has 0 amide bonds. The highest BCUT2D eigenvalue weighted by molar-refractivity contribution is 6.34. The van der Waals surface area contributed by atoms with Crippen LogP contribution in [-0.4, -0.2) is 44.9 Å². The molecule has 26 heavy (non-hydrogen) atoms. The van der Waals surface area contributed by atoms with E-state index in [2.05, 4.69) is 10.2 Å². The minimum absolute atomic E-state index is 0.264. The Labute approximate surface area is 155 Å². The molecule has 2 aromatic heterocycles. The number of nitrogens with two attached hydrogens (primary N) is 1. The Bertz CT molecular complexity index is 962. The molecule has 2 N–H and O–H groups in total. The molecule has 3 aromatic rings. The average molecular weight is 375 g/mol. The zero-order chi connectivity index (χ0) is 17.8. The van der Waals surface area contributed by atoms with Gasteiger partial charge >= 0.3 is 0 Å². The smallest absolute Gasteiger partial charge is 0.133 e. The summed E-state index contributed by atoms with van der Waals surface area (Å²) in [6, 6.07) is 4.01. The van der Waals surface area contributed by atoms with Crippen molar-refractivity contribution < 1.29 is 4.39 Å². The topological polar surface area (TPSA) is 64.9 Å². The molecular weight excluding hydrogens is 355 g/mol. The highest BCUT2D eigenvalue weighted by Crippen LogP contribution is 2.36. The normalized spacial score (nSPS) is 23.7. The lowest BCUT2D eigenvalue weighted by Crippen LogP contribution is -2.48. The van der Waals surface area contributed by atoms with Crippen LogP contribution in [-0.2, 0) is 0 Å². The van der Waals surface area contributed by atoms with Gasteiger partial charge in [-0.25, -0.2) is 9.07 Å². The lowest BCUT2D eigenvalue weighted by Gasteiger charge is -2.35. The molecule has 8 heteroatoms. The number of fused-ring (bicyclic) bond motifs is 1. The van der Waals surface area contributed by atoms with Gasteiger partial charge in [0.15, 0.2) is 0 Å². The third-order valence-electron chi connectivity index (χ3n) is 5.32. The Balaban J connectivity index is 1.54. The summed E-state index contributed by atoms with van der Waals surface area (Å²) in [5.74, 6) is 0. The van der Waals surface area contributed by atoms with Crippen LogP contribution in [0, 0.1) is 0 Å². The van der Waals surface area contributed by atoms with E-state index in [1.807, 2.05) is 38.8 Å². The van der Waals surface area contributed by atoms with E-state index in [0.717, 1.165) is 22.3 Å². The van der Waals surface area contributed by atoms with Crippen molar-refractivity contribution in [3.05, 3.63) is 35.7 Å². The first-order chi connectivity index (χ1) is 12.6. The summed E-state index contributed by atoms with van der Waals surface area (Å²) in [7, 11) is 0. The van der Waals surface area contributed by atoms with Crippen LogP contribution in [0.4, 0.5) is 10.1 Å². The van der Waals surface area contributed by atoms with E-state index in [1.54, 1.807) is 6.20 Å². The fourth-order valence-corrected chi connectivity index (χ4v) is 3.89. The maximum absolute atomic E-state index is 14.1. The van der Waals surface area contributed by atoms with E-state index < -0.39 is 12.2 Å². The highest BCUT2D eigenvalue weighted by Gasteiger charge is 2.28. The van der Waals surface area contributed by atoms with Gasteiger partial charge in [-0.3, -0.25) is 4.68 Å². The molecule has 1 saturated heterocycles. The van der Waals surface area contributed by atoms with Crippen LogP contribution in [0.25, 0.3) is 16.6 Å². The van der Waals surface area contributed by atoms with Crippen molar-refractivity contribution >= 4 is 28.2 Å². The van der Waals surface area contributed by atoms with Crippen LogP contribution in [0.15, 0.2) is 30.7 Å². The van der Waals surface area contributed by atoms with Crippen LogP contribution in [0.2, 0.25) is 5.02 Å². The fourth-order valence-electron chi connectivity index (χ4n) is 3.60. The van der Waals surface area contributed by atoms with E-state index >= 15 is 0 Å². The molecule has 2 fully saturated rings. The monoisotopic (exact) mass is 374 g/mol. The summed E-state index contributed by atoms with van der Waals surface area (Å²) in [6.07, 6.45) is 7.58. The van der Waals surface area contributed by atoms with E-state index in [9.17, 15) is 4.39 Å². The predicted molar refractivity (Wildman–Crippen MR) is 99.8 cm³/mol. The second-order valence-electron chi connectivity index (χ2n) is 7.24. The molecule has 0 radical (unpaired) electrons. The molecule has 136 valence electrons. The number of rotatable bonds is 3. The van der Waals surface area contributed by atoms with Crippen LogP contribution in [0.3, 0.4) is 0 Å². The van der Waals surface area contributed by atoms with E-state index in [-0.39, 0.29) is 6.54 Å². The van der Waals surface area contributed by atoms with Crippen LogP contribution >= 0.6 is 11.6 Å². The van der Waals surface area contributed by atoms with Crippen LogP contribution < -0.4 is 10.6 Å². The Morgan fingerprint density at radius 1 is 1.15 bits per heavy atom. The summed E-state index contributed by atoms with van der Waals surface area (Å²) in [5, 5.41) is 10.5. The van der Waals surface area contributed by atoms with Gasteiger partial charge in [0.1, 0.15) is 11.9 Å². The SMILES string of the molecule is NC1CCN(c2cc3c(cnn3-c3cnn(C4CC4)c3)cc2Cl)CC1F. The van der Waals surface area contributed by atoms with Gasteiger partial charge in [0.2, 0.25) is 0 Å². The first kappa shape index (κ1) is 16.1. The molecule has 5 rings (SSSR count). The Morgan fingerprint density at radius 2 is 2.00 bits per heavy atom. The molecule has 2 atom stereocenters. The van der Waals surface area contributed by atoms with Gasteiger partial charge in [0.25, 0.3) is 0 Å². The summed E-state index contributed by atoms with van der Waals surface area (Å²) in [5.41, 5.74) is 8.48. The zero-order valence-corrected chi connectivity index (χ0v) is 15.0. The number of anilines is 1. The van der Waals surface area contributed by atoms with Gasteiger partial charge in [-0.15, -0.1) is 0 Å². The Kier molecular flexibility index (Phi) is 3.68. The molecule has 1 aromatic carbocycles. The van der Waals surface area contributed by atoms with E-state index in [1.165, 1.54) is 12.8 Å². The highest BCUT2D eigenvalue weighted by atomic mass is 35.5. The van der Waals surface area contributed by atoms with Gasteiger partial charge in [0, 0.05) is 18.0 Å². The van der Waals surface area contributed by atoms with Gasteiger partial charge < -0.3 is 10.6 Å². The molecule has 3 heterocycles. The number of alkyl halides is 1. The number of aromatic nitrogens is 4. The standard InChI is InChI=1S/C18H20ClFN6/c19-14-5-11-7-23-26(13-8-22-25(9-13)12-1-2-12)17(11)6-18(14)24-4-3-16(21)15(20)10-24/h5-9,12,15-16H,1-4,10,21H2. The van der Waals surface area contributed by atoms with Gasteiger partial charge in [0.05, 0.1) is 47.4 Å². The molecule has 6 nitrogen and oxygen atoms in total. The molecule has 0 spiro atoms. The molecule has 2 aliphatic rings. The molecule has 1 aliphatic carbocycles. The van der Waals surface area contributed by atoms with Gasteiger partial charge in [-0.1, -0.05) is 11.6 Å².